The number of esters is 1. The van der Waals surface area contributed by atoms with Gasteiger partial charge in [0.1, 0.15) is 5.75 Å². The van der Waals surface area contributed by atoms with Crippen LogP contribution in [0.1, 0.15) is 30.1 Å². The molecule has 3 rings (SSSR count). The van der Waals surface area contributed by atoms with Crippen molar-refractivity contribution in [2.45, 2.75) is 19.8 Å². The minimum Gasteiger partial charge on any atom is -0.494 e. The number of unbranched alkanes of at least 4 members (excludes halogenated alkanes) is 1. The molecule has 0 spiro atoms. The van der Waals surface area contributed by atoms with Crippen molar-refractivity contribution in [3.05, 3.63) is 72.3 Å². The van der Waals surface area contributed by atoms with E-state index < -0.39 is 5.97 Å². The molecule has 0 aliphatic heterocycles. The maximum Gasteiger partial charge on any atom is 0.344 e. The summed E-state index contributed by atoms with van der Waals surface area (Å²) in [6, 6.07) is 20.0. The molecule has 0 saturated heterocycles. The molecule has 0 aliphatic rings. The summed E-state index contributed by atoms with van der Waals surface area (Å²) in [7, 11) is 0. The Kier molecular flexibility index (Phi) is 5.93. The third-order valence-electron chi connectivity index (χ3n) is 3.76. The molecule has 0 atom stereocenters. The van der Waals surface area contributed by atoms with E-state index >= 15 is 0 Å². The molecule has 5 heteroatoms. The van der Waals surface area contributed by atoms with Gasteiger partial charge < -0.3 is 9.47 Å². The summed E-state index contributed by atoms with van der Waals surface area (Å²) in [5.74, 6) is 0.423. The zero-order valence-corrected chi connectivity index (χ0v) is 14.6. The number of hydrogen-bond donors (Lipinski definition) is 0. The lowest BCUT2D eigenvalue weighted by atomic mass is 10.1. The van der Waals surface area contributed by atoms with Gasteiger partial charge in [0.05, 0.1) is 17.9 Å². The van der Waals surface area contributed by atoms with E-state index in [1.54, 1.807) is 36.4 Å². The van der Waals surface area contributed by atoms with Gasteiger partial charge in [0.2, 0.25) is 5.88 Å². The van der Waals surface area contributed by atoms with Crippen LogP contribution in [-0.2, 0) is 0 Å². The van der Waals surface area contributed by atoms with Crippen molar-refractivity contribution < 1.29 is 14.3 Å². The van der Waals surface area contributed by atoms with E-state index in [-0.39, 0.29) is 5.88 Å². The zero-order valence-electron chi connectivity index (χ0n) is 14.6. The second-order valence-electron chi connectivity index (χ2n) is 5.74. The van der Waals surface area contributed by atoms with E-state index in [1.807, 2.05) is 30.3 Å². The summed E-state index contributed by atoms with van der Waals surface area (Å²) >= 11 is 0. The Bertz CT molecular complexity index is 831. The van der Waals surface area contributed by atoms with Crippen molar-refractivity contribution >= 4 is 5.97 Å². The second kappa shape index (κ2) is 8.76. The van der Waals surface area contributed by atoms with Gasteiger partial charge in [0.15, 0.2) is 0 Å². The molecule has 2 aromatic carbocycles. The fourth-order valence-electron chi connectivity index (χ4n) is 2.31. The Labute approximate surface area is 152 Å². The van der Waals surface area contributed by atoms with Crippen molar-refractivity contribution in [1.29, 1.82) is 0 Å². The predicted octanol–water partition coefficient (Wildman–Crippen LogP) is 4.54. The Morgan fingerprint density at radius 2 is 1.69 bits per heavy atom. The lowest BCUT2D eigenvalue weighted by Crippen LogP contribution is -2.10. The molecule has 1 heterocycles. The summed E-state index contributed by atoms with van der Waals surface area (Å²) in [6.07, 6.45) is 2.08. The number of benzene rings is 2. The third-order valence-corrected chi connectivity index (χ3v) is 3.76. The molecule has 0 fully saturated rings. The average molecular weight is 348 g/mol. The first kappa shape index (κ1) is 17.6. The number of carbonyl (C=O) groups excluding carboxylic acids is 1. The van der Waals surface area contributed by atoms with Crippen LogP contribution in [0.15, 0.2) is 66.7 Å². The van der Waals surface area contributed by atoms with E-state index in [1.165, 1.54) is 0 Å². The highest BCUT2D eigenvalue weighted by Gasteiger charge is 2.10. The van der Waals surface area contributed by atoms with Crippen LogP contribution in [0.2, 0.25) is 0 Å². The van der Waals surface area contributed by atoms with Gasteiger partial charge in [-0.25, -0.2) is 4.79 Å². The van der Waals surface area contributed by atoms with Gasteiger partial charge in [0, 0.05) is 11.6 Å². The minimum atomic E-state index is -0.480. The van der Waals surface area contributed by atoms with Crippen LogP contribution < -0.4 is 9.47 Å². The molecule has 0 saturated carbocycles. The summed E-state index contributed by atoms with van der Waals surface area (Å²) < 4.78 is 10.9. The molecule has 0 aliphatic carbocycles. The molecule has 0 N–H and O–H groups in total. The highest BCUT2D eigenvalue weighted by Crippen LogP contribution is 2.18. The Morgan fingerprint density at radius 3 is 2.35 bits per heavy atom. The molecule has 132 valence electrons. The largest absolute Gasteiger partial charge is 0.494 e. The van der Waals surface area contributed by atoms with E-state index in [2.05, 4.69) is 17.1 Å². The second-order valence-corrected chi connectivity index (χ2v) is 5.74. The number of aromatic nitrogens is 2. The Balaban J connectivity index is 1.61. The molecular weight excluding hydrogens is 328 g/mol. The van der Waals surface area contributed by atoms with Crippen LogP contribution in [0.3, 0.4) is 0 Å². The summed E-state index contributed by atoms with van der Waals surface area (Å²) in [5.41, 5.74) is 2.11. The fourth-order valence-corrected chi connectivity index (χ4v) is 2.31. The van der Waals surface area contributed by atoms with E-state index in [9.17, 15) is 4.79 Å². The summed E-state index contributed by atoms with van der Waals surface area (Å²) in [5, 5.41) is 8.07. The van der Waals surface area contributed by atoms with Gasteiger partial charge >= 0.3 is 5.97 Å². The van der Waals surface area contributed by atoms with Crippen molar-refractivity contribution in [2.75, 3.05) is 6.61 Å². The average Bonchev–Trinajstić information content (AvgIpc) is 2.70. The first-order valence-electron chi connectivity index (χ1n) is 8.60. The van der Waals surface area contributed by atoms with Gasteiger partial charge in [-0.15, -0.1) is 10.2 Å². The van der Waals surface area contributed by atoms with E-state index in [4.69, 9.17) is 9.47 Å². The Morgan fingerprint density at radius 1 is 0.923 bits per heavy atom. The molecule has 0 amide bonds. The molecule has 0 unspecified atom stereocenters. The van der Waals surface area contributed by atoms with E-state index in [0.29, 0.717) is 12.2 Å². The standard InChI is InChI=1S/C21H20N2O3/c1-2-3-15-25-18-11-9-17(10-12-18)21(24)26-20-14-13-19(22-23-20)16-7-5-4-6-8-16/h4-14H,2-3,15H2,1H3. The minimum absolute atomic E-state index is 0.165. The van der Waals surface area contributed by atoms with Gasteiger partial charge in [0.25, 0.3) is 0 Å². The van der Waals surface area contributed by atoms with Crippen LogP contribution in [0.5, 0.6) is 11.6 Å². The highest BCUT2D eigenvalue weighted by atomic mass is 16.5. The lowest BCUT2D eigenvalue weighted by molar-refractivity contribution is 0.0726. The maximum absolute atomic E-state index is 12.2. The smallest absolute Gasteiger partial charge is 0.344 e. The molecule has 0 radical (unpaired) electrons. The van der Waals surface area contributed by atoms with Crippen LogP contribution in [0.25, 0.3) is 11.3 Å². The molecule has 5 nitrogen and oxygen atoms in total. The Hall–Kier alpha value is -3.21. The first-order chi connectivity index (χ1) is 12.8. The van der Waals surface area contributed by atoms with Gasteiger partial charge in [-0.05, 0) is 36.8 Å². The summed E-state index contributed by atoms with van der Waals surface area (Å²) in [4.78, 5) is 12.2. The molecular formula is C21H20N2O3. The third kappa shape index (κ3) is 4.66. The van der Waals surface area contributed by atoms with Crippen molar-refractivity contribution in [3.8, 4) is 22.9 Å². The molecule has 0 bridgehead atoms. The normalized spacial score (nSPS) is 10.3. The van der Waals surface area contributed by atoms with E-state index in [0.717, 1.165) is 29.8 Å². The van der Waals surface area contributed by atoms with Crippen LogP contribution >= 0.6 is 0 Å². The number of ether oxygens (including phenoxy) is 2. The van der Waals surface area contributed by atoms with Crippen molar-refractivity contribution in [1.82, 2.24) is 10.2 Å². The quantitative estimate of drug-likeness (QED) is 0.463. The highest BCUT2D eigenvalue weighted by molar-refractivity contribution is 5.91. The fraction of sp³-hybridized carbons (Fsp3) is 0.190. The van der Waals surface area contributed by atoms with Crippen LogP contribution in [0.4, 0.5) is 0 Å². The van der Waals surface area contributed by atoms with Crippen molar-refractivity contribution in [3.63, 3.8) is 0 Å². The first-order valence-corrected chi connectivity index (χ1v) is 8.60. The van der Waals surface area contributed by atoms with Gasteiger partial charge in [-0.2, -0.15) is 0 Å². The van der Waals surface area contributed by atoms with Gasteiger partial charge in [-0.1, -0.05) is 43.7 Å². The maximum atomic E-state index is 12.2. The number of rotatable bonds is 7. The summed E-state index contributed by atoms with van der Waals surface area (Å²) in [6.45, 7) is 2.78. The zero-order chi connectivity index (χ0) is 18.2. The lowest BCUT2D eigenvalue weighted by Gasteiger charge is -2.07. The molecule has 1 aromatic heterocycles. The number of hydrogen-bond acceptors (Lipinski definition) is 5. The topological polar surface area (TPSA) is 61.3 Å². The molecule has 3 aromatic rings. The molecule has 26 heavy (non-hydrogen) atoms. The van der Waals surface area contributed by atoms with Crippen LogP contribution in [0, 0.1) is 0 Å². The number of carbonyl (C=O) groups is 1. The van der Waals surface area contributed by atoms with Crippen LogP contribution in [-0.4, -0.2) is 22.8 Å². The van der Waals surface area contributed by atoms with Gasteiger partial charge in [-0.3, -0.25) is 0 Å². The number of nitrogens with zero attached hydrogens (tertiary/aromatic N) is 2. The monoisotopic (exact) mass is 348 g/mol. The SMILES string of the molecule is CCCCOc1ccc(C(=O)Oc2ccc(-c3ccccc3)nn2)cc1. The predicted molar refractivity (Wildman–Crippen MR) is 99.3 cm³/mol. The van der Waals surface area contributed by atoms with Crippen molar-refractivity contribution in [2.24, 2.45) is 0 Å².